The number of rotatable bonds is 5. The SMILES string of the molecule is CS(=O)(=O)c1ccccc1-c1ccc(N2CCCN(Cc3cccc(C#N)c3)C2=O)cc1. The molecule has 0 atom stereocenters. The summed E-state index contributed by atoms with van der Waals surface area (Å²) >= 11 is 0. The van der Waals surface area contributed by atoms with Gasteiger partial charge < -0.3 is 4.90 Å². The number of hydrogen-bond acceptors (Lipinski definition) is 4. The standard InChI is InChI=1S/C25H23N3O3S/c1-32(30,31)24-9-3-2-8-23(24)21-10-12-22(13-11-21)28-15-5-14-27(25(28)29)18-20-7-4-6-19(16-20)17-26/h2-4,6-13,16H,5,14-15,18H2,1H3. The Morgan fingerprint density at radius 3 is 2.44 bits per heavy atom. The molecular weight excluding hydrogens is 422 g/mol. The van der Waals surface area contributed by atoms with Gasteiger partial charge in [0.15, 0.2) is 9.84 Å². The summed E-state index contributed by atoms with van der Waals surface area (Å²) in [7, 11) is -3.35. The molecule has 0 saturated carbocycles. The number of amides is 2. The second-order valence-electron chi connectivity index (χ2n) is 7.84. The molecule has 1 aliphatic rings. The van der Waals surface area contributed by atoms with Crippen LogP contribution in [-0.2, 0) is 16.4 Å². The summed E-state index contributed by atoms with van der Waals surface area (Å²) in [5.41, 5.74) is 3.70. The quantitative estimate of drug-likeness (QED) is 0.581. The monoisotopic (exact) mass is 445 g/mol. The molecule has 2 amide bonds. The van der Waals surface area contributed by atoms with Crippen LogP contribution in [0.2, 0.25) is 0 Å². The van der Waals surface area contributed by atoms with Crippen molar-refractivity contribution in [3.8, 4) is 17.2 Å². The maximum Gasteiger partial charge on any atom is 0.324 e. The fourth-order valence-corrected chi connectivity index (χ4v) is 4.89. The summed E-state index contributed by atoms with van der Waals surface area (Å²) < 4.78 is 24.3. The lowest BCUT2D eigenvalue weighted by atomic mass is 10.0. The molecule has 1 fully saturated rings. The molecule has 4 rings (SSSR count). The van der Waals surface area contributed by atoms with Gasteiger partial charge in [-0.3, -0.25) is 4.90 Å². The highest BCUT2D eigenvalue weighted by molar-refractivity contribution is 7.90. The van der Waals surface area contributed by atoms with E-state index in [4.69, 9.17) is 5.26 Å². The minimum Gasteiger partial charge on any atom is -0.320 e. The van der Waals surface area contributed by atoms with Gasteiger partial charge in [-0.1, -0.05) is 42.5 Å². The molecule has 1 heterocycles. The molecule has 0 aromatic heterocycles. The Morgan fingerprint density at radius 1 is 0.969 bits per heavy atom. The number of urea groups is 1. The molecule has 7 heteroatoms. The topological polar surface area (TPSA) is 81.5 Å². The van der Waals surface area contributed by atoms with Crippen molar-refractivity contribution in [2.24, 2.45) is 0 Å². The van der Waals surface area contributed by atoms with Gasteiger partial charge in [0.05, 0.1) is 16.5 Å². The zero-order chi connectivity index (χ0) is 22.7. The second kappa shape index (κ2) is 8.85. The molecule has 0 aliphatic carbocycles. The summed E-state index contributed by atoms with van der Waals surface area (Å²) in [4.78, 5) is 16.9. The minimum absolute atomic E-state index is 0.0807. The molecule has 162 valence electrons. The Bertz CT molecular complexity index is 1290. The first-order valence-corrected chi connectivity index (χ1v) is 12.2. The van der Waals surface area contributed by atoms with Crippen LogP contribution < -0.4 is 4.90 Å². The second-order valence-corrected chi connectivity index (χ2v) is 9.82. The fraction of sp³-hybridized carbons (Fsp3) is 0.200. The first-order chi connectivity index (χ1) is 15.4. The van der Waals surface area contributed by atoms with Gasteiger partial charge in [0.25, 0.3) is 0 Å². The minimum atomic E-state index is -3.35. The van der Waals surface area contributed by atoms with Gasteiger partial charge in [0, 0.05) is 37.1 Å². The smallest absolute Gasteiger partial charge is 0.320 e. The zero-order valence-electron chi connectivity index (χ0n) is 17.7. The molecule has 1 saturated heterocycles. The molecule has 0 bridgehead atoms. The van der Waals surface area contributed by atoms with Crippen LogP contribution in [0.5, 0.6) is 0 Å². The highest BCUT2D eigenvalue weighted by atomic mass is 32.2. The van der Waals surface area contributed by atoms with Crippen LogP contribution in [0, 0.1) is 11.3 Å². The van der Waals surface area contributed by atoms with Gasteiger partial charge in [0.2, 0.25) is 0 Å². The maximum absolute atomic E-state index is 13.1. The van der Waals surface area contributed by atoms with E-state index in [0.717, 1.165) is 23.2 Å². The van der Waals surface area contributed by atoms with E-state index in [9.17, 15) is 13.2 Å². The van der Waals surface area contributed by atoms with Crippen LogP contribution in [-0.4, -0.2) is 38.7 Å². The summed E-state index contributed by atoms with van der Waals surface area (Å²) in [6.45, 7) is 1.73. The van der Waals surface area contributed by atoms with Crippen molar-refractivity contribution in [3.63, 3.8) is 0 Å². The number of hydrogen-bond donors (Lipinski definition) is 0. The molecule has 6 nitrogen and oxygen atoms in total. The number of nitrogens with zero attached hydrogens (tertiary/aromatic N) is 3. The number of sulfone groups is 1. The summed E-state index contributed by atoms with van der Waals surface area (Å²) in [5, 5.41) is 9.10. The van der Waals surface area contributed by atoms with Crippen LogP contribution in [0.25, 0.3) is 11.1 Å². The molecule has 3 aromatic rings. The van der Waals surface area contributed by atoms with Crippen LogP contribution in [0.1, 0.15) is 17.5 Å². The molecule has 32 heavy (non-hydrogen) atoms. The lowest BCUT2D eigenvalue weighted by Gasteiger charge is -2.35. The van der Waals surface area contributed by atoms with E-state index in [0.29, 0.717) is 30.8 Å². The fourth-order valence-electron chi connectivity index (χ4n) is 3.98. The molecule has 0 unspecified atom stereocenters. The van der Waals surface area contributed by atoms with Crippen molar-refractivity contribution in [2.45, 2.75) is 17.9 Å². The Balaban J connectivity index is 1.56. The highest BCUT2D eigenvalue weighted by Gasteiger charge is 2.27. The van der Waals surface area contributed by atoms with Crippen LogP contribution in [0.15, 0.2) is 77.7 Å². The van der Waals surface area contributed by atoms with Crippen LogP contribution >= 0.6 is 0 Å². The van der Waals surface area contributed by atoms with Gasteiger partial charge in [-0.15, -0.1) is 0 Å². The third kappa shape index (κ3) is 4.51. The summed E-state index contributed by atoms with van der Waals surface area (Å²) in [6, 6.07) is 23.7. The van der Waals surface area contributed by atoms with E-state index >= 15 is 0 Å². The maximum atomic E-state index is 13.1. The average molecular weight is 446 g/mol. The van der Waals surface area contributed by atoms with Crippen LogP contribution in [0.3, 0.4) is 0 Å². The number of anilines is 1. The highest BCUT2D eigenvalue weighted by Crippen LogP contribution is 2.30. The predicted octanol–water partition coefficient (Wildman–Crippen LogP) is 4.46. The molecule has 0 N–H and O–H groups in total. The van der Waals surface area contributed by atoms with Gasteiger partial charge in [-0.25, -0.2) is 13.2 Å². The van der Waals surface area contributed by atoms with E-state index < -0.39 is 9.84 Å². The van der Waals surface area contributed by atoms with E-state index in [-0.39, 0.29) is 10.9 Å². The van der Waals surface area contributed by atoms with Crippen molar-refractivity contribution < 1.29 is 13.2 Å². The van der Waals surface area contributed by atoms with Crippen molar-refractivity contribution in [3.05, 3.63) is 83.9 Å². The summed E-state index contributed by atoms with van der Waals surface area (Å²) in [6.07, 6.45) is 2.04. The van der Waals surface area contributed by atoms with E-state index in [1.165, 1.54) is 6.26 Å². The first kappa shape index (κ1) is 21.6. The van der Waals surface area contributed by atoms with Crippen LogP contribution in [0.4, 0.5) is 10.5 Å². The zero-order valence-corrected chi connectivity index (χ0v) is 18.5. The van der Waals surface area contributed by atoms with Crippen molar-refractivity contribution in [1.82, 2.24) is 4.90 Å². The molecule has 1 aliphatic heterocycles. The van der Waals surface area contributed by atoms with Gasteiger partial charge in [-0.05, 0) is 47.9 Å². The van der Waals surface area contributed by atoms with Gasteiger partial charge >= 0.3 is 6.03 Å². The third-order valence-electron chi connectivity index (χ3n) is 5.52. The predicted molar refractivity (Wildman–Crippen MR) is 124 cm³/mol. The number of carbonyl (C=O) groups is 1. The van der Waals surface area contributed by atoms with Gasteiger partial charge in [-0.2, -0.15) is 5.26 Å². The Hall–Kier alpha value is -3.63. The lowest BCUT2D eigenvalue weighted by Crippen LogP contribution is -2.49. The molecule has 0 radical (unpaired) electrons. The Labute approximate surface area is 188 Å². The van der Waals surface area contributed by atoms with Gasteiger partial charge in [0.1, 0.15) is 0 Å². The third-order valence-corrected chi connectivity index (χ3v) is 6.67. The first-order valence-electron chi connectivity index (χ1n) is 10.3. The largest absolute Gasteiger partial charge is 0.324 e. The number of benzene rings is 3. The normalized spacial score (nSPS) is 14.3. The average Bonchev–Trinajstić information content (AvgIpc) is 2.80. The number of nitriles is 1. The van der Waals surface area contributed by atoms with E-state index in [1.54, 1.807) is 40.1 Å². The summed E-state index contributed by atoms with van der Waals surface area (Å²) in [5.74, 6) is 0. The van der Waals surface area contributed by atoms with E-state index in [1.807, 2.05) is 42.5 Å². The van der Waals surface area contributed by atoms with Crippen molar-refractivity contribution >= 4 is 21.6 Å². The van der Waals surface area contributed by atoms with E-state index in [2.05, 4.69) is 6.07 Å². The Morgan fingerprint density at radius 2 is 1.72 bits per heavy atom. The molecule has 3 aromatic carbocycles. The van der Waals surface area contributed by atoms with Crippen molar-refractivity contribution in [2.75, 3.05) is 24.2 Å². The molecular formula is C25H23N3O3S. The number of carbonyl (C=O) groups excluding carboxylic acids is 1. The van der Waals surface area contributed by atoms with Crippen molar-refractivity contribution in [1.29, 1.82) is 5.26 Å². The molecule has 0 spiro atoms. The lowest BCUT2D eigenvalue weighted by molar-refractivity contribution is 0.192. The Kier molecular flexibility index (Phi) is 5.97.